The first-order valence-corrected chi connectivity index (χ1v) is 8.24. The van der Waals surface area contributed by atoms with Crippen molar-refractivity contribution in [2.45, 2.75) is 57.4 Å². The van der Waals surface area contributed by atoms with Crippen molar-refractivity contribution in [3.05, 3.63) is 35.6 Å². The number of amides is 1. The van der Waals surface area contributed by atoms with Gasteiger partial charge in [0, 0.05) is 12.0 Å². The van der Waals surface area contributed by atoms with Crippen LogP contribution in [0.15, 0.2) is 24.3 Å². The standard InChI is InChI=1S/C18H27FN2O/c1-13(2)16(20)17(22)21-12-18(10-4-3-5-11-18)14-6-8-15(19)9-7-14/h6-9,13,16H,3-5,10-12,20H2,1-2H3,(H,21,22)/t16-/m0/s1. The van der Waals surface area contributed by atoms with Gasteiger partial charge in [0.05, 0.1) is 6.04 Å². The van der Waals surface area contributed by atoms with E-state index in [0.717, 1.165) is 31.2 Å². The van der Waals surface area contributed by atoms with Gasteiger partial charge in [0.25, 0.3) is 0 Å². The van der Waals surface area contributed by atoms with Crippen LogP contribution in [0.1, 0.15) is 51.5 Å². The van der Waals surface area contributed by atoms with Gasteiger partial charge in [-0.1, -0.05) is 45.2 Å². The fraction of sp³-hybridized carbons (Fsp3) is 0.611. The summed E-state index contributed by atoms with van der Waals surface area (Å²) in [5, 5.41) is 3.03. The molecule has 0 aromatic heterocycles. The fourth-order valence-corrected chi connectivity index (χ4v) is 3.28. The second-order valence-corrected chi connectivity index (χ2v) is 6.84. The average molecular weight is 306 g/mol. The first-order valence-electron chi connectivity index (χ1n) is 8.24. The van der Waals surface area contributed by atoms with Gasteiger partial charge >= 0.3 is 0 Å². The number of hydrogen-bond donors (Lipinski definition) is 2. The topological polar surface area (TPSA) is 55.1 Å². The van der Waals surface area contributed by atoms with E-state index in [4.69, 9.17) is 5.73 Å². The maximum atomic E-state index is 13.2. The van der Waals surface area contributed by atoms with Crippen LogP contribution in [0, 0.1) is 11.7 Å². The monoisotopic (exact) mass is 306 g/mol. The Balaban J connectivity index is 2.12. The fourth-order valence-electron chi connectivity index (χ4n) is 3.28. The summed E-state index contributed by atoms with van der Waals surface area (Å²) in [5.74, 6) is -0.198. The Labute approximate surface area is 132 Å². The van der Waals surface area contributed by atoms with Crippen molar-refractivity contribution in [3.8, 4) is 0 Å². The quantitative estimate of drug-likeness (QED) is 0.878. The third kappa shape index (κ3) is 3.86. The molecule has 1 amide bonds. The molecule has 1 atom stereocenters. The van der Waals surface area contributed by atoms with E-state index < -0.39 is 6.04 Å². The zero-order chi connectivity index (χ0) is 16.2. The molecule has 0 radical (unpaired) electrons. The van der Waals surface area contributed by atoms with E-state index in [-0.39, 0.29) is 23.1 Å². The van der Waals surface area contributed by atoms with E-state index in [1.807, 2.05) is 26.0 Å². The van der Waals surface area contributed by atoms with Gasteiger partial charge in [-0.15, -0.1) is 0 Å². The molecule has 1 aliphatic carbocycles. The number of nitrogens with one attached hydrogen (secondary N) is 1. The van der Waals surface area contributed by atoms with Crippen LogP contribution in [0.2, 0.25) is 0 Å². The van der Waals surface area contributed by atoms with Gasteiger partial charge in [-0.2, -0.15) is 0 Å². The summed E-state index contributed by atoms with van der Waals surface area (Å²) in [6.45, 7) is 4.47. The number of hydrogen-bond acceptors (Lipinski definition) is 2. The van der Waals surface area contributed by atoms with Crippen molar-refractivity contribution in [2.75, 3.05) is 6.54 Å². The molecule has 0 unspecified atom stereocenters. The molecular weight excluding hydrogens is 279 g/mol. The van der Waals surface area contributed by atoms with Gasteiger partial charge < -0.3 is 11.1 Å². The van der Waals surface area contributed by atoms with E-state index in [9.17, 15) is 9.18 Å². The summed E-state index contributed by atoms with van der Waals surface area (Å²) in [6.07, 6.45) is 5.56. The van der Waals surface area contributed by atoms with Crippen molar-refractivity contribution in [2.24, 2.45) is 11.7 Å². The molecule has 122 valence electrons. The van der Waals surface area contributed by atoms with Gasteiger partial charge in [-0.25, -0.2) is 4.39 Å². The van der Waals surface area contributed by atoms with Crippen molar-refractivity contribution in [1.29, 1.82) is 0 Å². The predicted octanol–water partition coefficient (Wildman–Crippen LogP) is 3.13. The number of carbonyl (C=O) groups excluding carboxylic acids is 1. The number of halogens is 1. The average Bonchev–Trinajstić information content (AvgIpc) is 2.53. The highest BCUT2D eigenvalue weighted by Crippen LogP contribution is 2.39. The highest BCUT2D eigenvalue weighted by atomic mass is 19.1. The number of rotatable bonds is 5. The lowest BCUT2D eigenvalue weighted by molar-refractivity contribution is -0.123. The van der Waals surface area contributed by atoms with Gasteiger partial charge in [0.2, 0.25) is 5.91 Å². The molecule has 0 aliphatic heterocycles. The van der Waals surface area contributed by atoms with E-state index >= 15 is 0 Å². The van der Waals surface area contributed by atoms with Crippen LogP contribution < -0.4 is 11.1 Å². The van der Waals surface area contributed by atoms with Crippen molar-refractivity contribution in [1.82, 2.24) is 5.32 Å². The molecule has 0 spiro atoms. The molecular formula is C18H27FN2O. The predicted molar refractivity (Wildman–Crippen MR) is 87.0 cm³/mol. The Hall–Kier alpha value is -1.42. The summed E-state index contributed by atoms with van der Waals surface area (Å²) in [5.41, 5.74) is 6.95. The summed E-state index contributed by atoms with van der Waals surface area (Å²) >= 11 is 0. The van der Waals surface area contributed by atoms with Gasteiger partial charge in [0.15, 0.2) is 0 Å². The summed E-state index contributed by atoms with van der Waals surface area (Å²) in [7, 11) is 0. The molecule has 2 rings (SSSR count). The SMILES string of the molecule is CC(C)[C@H](N)C(=O)NCC1(c2ccc(F)cc2)CCCCC1. The minimum atomic E-state index is -0.478. The van der Waals surface area contributed by atoms with Crippen LogP contribution in [0.5, 0.6) is 0 Å². The highest BCUT2D eigenvalue weighted by Gasteiger charge is 2.34. The van der Waals surface area contributed by atoms with Gasteiger partial charge in [-0.3, -0.25) is 4.79 Å². The normalized spacial score (nSPS) is 19.0. The van der Waals surface area contributed by atoms with Crippen molar-refractivity contribution >= 4 is 5.91 Å². The molecule has 0 saturated heterocycles. The molecule has 22 heavy (non-hydrogen) atoms. The Kier molecular flexibility index (Phi) is 5.57. The largest absolute Gasteiger partial charge is 0.354 e. The van der Waals surface area contributed by atoms with Crippen LogP contribution >= 0.6 is 0 Å². The number of nitrogens with two attached hydrogens (primary N) is 1. The zero-order valence-electron chi connectivity index (χ0n) is 13.6. The first-order chi connectivity index (χ1) is 10.4. The van der Waals surface area contributed by atoms with Gasteiger partial charge in [-0.05, 0) is 36.5 Å². The van der Waals surface area contributed by atoms with E-state index in [0.29, 0.717) is 6.54 Å². The molecule has 4 heteroatoms. The zero-order valence-corrected chi connectivity index (χ0v) is 13.6. The lowest BCUT2D eigenvalue weighted by Gasteiger charge is -2.38. The van der Waals surface area contributed by atoms with Gasteiger partial charge in [0.1, 0.15) is 5.82 Å². The minimum Gasteiger partial charge on any atom is -0.354 e. The Morgan fingerprint density at radius 3 is 2.36 bits per heavy atom. The summed E-state index contributed by atoms with van der Waals surface area (Å²) < 4.78 is 13.2. The molecule has 1 aromatic carbocycles. The second kappa shape index (κ2) is 7.23. The molecule has 0 heterocycles. The summed E-state index contributed by atoms with van der Waals surface area (Å²) in [4.78, 5) is 12.2. The van der Waals surface area contributed by atoms with Crippen LogP contribution in [0.4, 0.5) is 4.39 Å². The highest BCUT2D eigenvalue weighted by molar-refractivity contribution is 5.81. The second-order valence-electron chi connectivity index (χ2n) is 6.84. The Morgan fingerprint density at radius 1 is 1.23 bits per heavy atom. The van der Waals surface area contributed by atoms with E-state index in [1.54, 1.807) is 0 Å². The smallest absolute Gasteiger partial charge is 0.237 e. The maximum Gasteiger partial charge on any atom is 0.237 e. The van der Waals surface area contributed by atoms with Crippen molar-refractivity contribution < 1.29 is 9.18 Å². The molecule has 1 fully saturated rings. The summed E-state index contributed by atoms with van der Waals surface area (Å²) in [6, 6.07) is 6.25. The lowest BCUT2D eigenvalue weighted by atomic mass is 9.69. The van der Waals surface area contributed by atoms with Crippen LogP contribution in [0.25, 0.3) is 0 Å². The lowest BCUT2D eigenvalue weighted by Crippen LogP contribution is -2.49. The molecule has 3 N–H and O–H groups in total. The van der Waals surface area contributed by atoms with Crippen molar-refractivity contribution in [3.63, 3.8) is 0 Å². The molecule has 1 aliphatic rings. The van der Waals surface area contributed by atoms with Crippen LogP contribution in [-0.2, 0) is 10.2 Å². The first kappa shape index (κ1) is 16.9. The van der Waals surface area contributed by atoms with E-state index in [2.05, 4.69) is 5.32 Å². The number of benzene rings is 1. The number of carbonyl (C=O) groups is 1. The maximum absolute atomic E-state index is 13.2. The van der Waals surface area contributed by atoms with Crippen LogP contribution in [-0.4, -0.2) is 18.5 Å². The molecule has 1 aromatic rings. The Morgan fingerprint density at radius 2 is 1.82 bits per heavy atom. The molecule has 0 bridgehead atoms. The third-order valence-corrected chi connectivity index (χ3v) is 4.89. The molecule has 1 saturated carbocycles. The Bertz CT molecular complexity index is 492. The molecule has 3 nitrogen and oxygen atoms in total. The minimum absolute atomic E-state index is 0.0850. The van der Waals surface area contributed by atoms with E-state index in [1.165, 1.54) is 18.6 Å². The third-order valence-electron chi connectivity index (χ3n) is 4.89. The van der Waals surface area contributed by atoms with Crippen LogP contribution in [0.3, 0.4) is 0 Å².